The molecule has 0 aliphatic carbocycles. The standard InChI is InChI=1S/C16H22FN5O2/c1-23-14-3-2-12(8-13(14)17)10-21-4-6-22(7-5-21)11-15-19-16(9-18)24-20-15/h2-3,8H,4-7,9-11,18H2,1H3. The van der Waals surface area contributed by atoms with Crippen LogP contribution >= 0.6 is 0 Å². The van der Waals surface area contributed by atoms with Crippen LogP contribution in [0.2, 0.25) is 0 Å². The lowest BCUT2D eigenvalue weighted by Gasteiger charge is -2.34. The maximum absolute atomic E-state index is 13.8. The summed E-state index contributed by atoms with van der Waals surface area (Å²) in [6.45, 7) is 5.29. The topological polar surface area (TPSA) is 80.7 Å². The quantitative estimate of drug-likeness (QED) is 0.843. The van der Waals surface area contributed by atoms with Gasteiger partial charge in [-0.2, -0.15) is 4.98 Å². The molecular weight excluding hydrogens is 313 g/mol. The van der Waals surface area contributed by atoms with Crippen LogP contribution in [0.4, 0.5) is 4.39 Å². The second kappa shape index (κ2) is 7.69. The summed E-state index contributed by atoms with van der Waals surface area (Å²) in [5.74, 6) is 1.09. The van der Waals surface area contributed by atoms with Gasteiger partial charge >= 0.3 is 0 Å². The van der Waals surface area contributed by atoms with Crippen molar-refractivity contribution in [1.82, 2.24) is 19.9 Å². The van der Waals surface area contributed by atoms with Crippen LogP contribution in [-0.2, 0) is 19.6 Å². The Morgan fingerprint density at radius 3 is 2.50 bits per heavy atom. The van der Waals surface area contributed by atoms with Crippen molar-refractivity contribution in [3.63, 3.8) is 0 Å². The van der Waals surface area contributed by atoms with E-state index in [1.165, 1.54) is 7.11 Å². The van der Waals surface area contributed by atoms with Crippen molar-refractivity contribution in [3.05, 3.63) is 41.3 Å². The first-order valence-electron chi connectivity index (χ1n) is 7.96. The van der Waals surface area contributed by atoms with Gasteiger partial charge in [-0.3, -0.25) is 9.80 Å². The fourth-order valence-electron chi connectivity index (χ4n) is 2.81. The number of benzene rings is 1. The van der Waals surface area contributed by atoms with Crippen LogP contribution < -0.4 is 10.5 Å². The highest BCUT2D eigenvalue weighted by molar-refractivity contribution is 5.29. The summed E-state index contributed by atoms with van der Waals surface area (Å²) >= 11 is 0. The Kier molecular flexibility index (Phi) is 5.39. The van der Waals surface area contributed by atoms with Gasteiger partial charge in [-0.1, -0.05) is 11.2 Å². The number of hydrogen-bond donors (Lipinski definition) is 1. The molecule has 0 unspecified atom stereocenters. The van der Waals surface area contributed by atoms with Gasteiger partial charge in [0.05, 0.1) is 20.2 Å². The zero-order valence-corrected chi connectivity index (χ0v) is 13.7. The largest absolute Gasteiger partial charge is 0.494 e. The summed E-state index contributed by atoms with van der Waals surface area (Å²) in [5.41, 5.74) is 6.42. The van der Waals surface area contributed by atoms with Crippen molar-refractivity contribution in [2.24, 2.45) is 5.73 Å². The van der Waals surface area contributed by atoms with Crippen molar-refractivity contribution in [1.29, 1.82) is 0 Å². The number of hydrogen-bond acceptors (Lipinski definition) is 7. The number of rotatable bonds is 6. The molecule has 0 amide bonds. The molecule has 0 saturated carbocycles. The highest BCUT2D eigenvalue weighted by atomic mass is 19.1. The SMILES string of the molecule is COc1ccc(CN2CCN(Cc3noc(CN)n3)CC2)cc1F. The summed E-state index contributed by atoms with van der Waals surface area (Å²) in [6.07, 6.45) is 0. The molecule has 1 aromatic carbocycles. The van der Waals surface area contributed by atoms with E-state index in [0.29, 0.717) is 18.3 Å². The third-order valence-corrected chi connectivity index (χ3v) is 4.14. The van der Waals surface area contributed by atoms with E-state index in [9.17, 15) is 4.39 Å². The first kappa shape index (κ1) is 16.8. The average molecular weight is 335 g/mol. The van der Waals surface area contributed by atoms with Crippen LogP contribution in [0.3, 0.4) is 0 Å². The van der Waals surface area contributed by atoms with Crippen LogP contribution in [0.1, 0.15) is 17.3 Å². The van der Waals surface area contributed by atoms with Gasteiger partial charge in [0.2, 0.25) is 5.89 Å². The second-order valence-electron chi connectivity index (χ2n) is 5.83. The zero-order valence-electron chi connectivity index (χ0n) is 13.7. The lowest BCUT2D eigenvalue weighted by atomic mass is 10.2. The Morgan fingerprint density at radius 1 is 1.21 bits per heavy atom. The third kappa shape index (κ3) is 4.08. The molecule has 2 heterocycles. The average Bonchev–Trinajstić information content (AvgIpc) is 3.04. The Labute approximate surface area is 140 Å². The lowest BCUT2D eigenvalue weighted by Crippen LogP contribution is -2.45. The highest BCUT2D eigenvalue weighted by Crippen LogP contribution is 2.19. The molecule has 2 aromatic rings. The van der Waals surface area contributed by atoms with Crippen LogP contribution in [0.5, 0.6) is 5.75 Å². The maximum atomic E-state index is 13.8. The van der Waals surface area contributed by atoms with Crippen LogP contribution in [-0.4, -0.2) is 53.2 Å². The summed E-state index contributed by atoms with van der Waals surface area (Å²) in [5, 5.41) is 3.92. The summed E-state index contributed by atoms with van der Waals surface area (Å²) in [4.78, 5) is 8.80. The molecule has 24 heavy (non-hydrogen) atoms. The van der Waals surface area contributed by atoms with Gasteiger partial charge in [-0.15, -0.1) is 0 Å². The van der Waals surface area contributed by atoms with E-state index in [1.807, 2.05) is 6.07 Å². The number of halogens is 1. The van der Waals surface area contributed by atoms with E-state index < -0.39 is 0 Å². The van der Waals surface area contributed by atoms with E-state index >= 15 is 0 Å². The Hall–Kier alpha value is -2.03. The van der Waals surface area contributed by atoms with E-state index in [1.54, 1.807) is 12.1 Å². The van der Waals surface area contributed by atoms with Gasteiger partial charge in [0.25, 0.3) is 0 Å². The zero-order chi connectivity index (χ0) is 16.9. The molecule has 8 heteroatoms. The minimum Gasteiger partial charge on any atom is -0.494 e. The molecule has 1 fully saturated rings. The third-order valence-electron chi connectivity index (χ3n) is 4.14. The lowest BCUT2D eigenvalue weighted by molar-refractivity contribution is 0.119. The second-order valence-corrected chi connectivity index (χ2v) is 5.83. The van der Waals surface area contributed by atoms with Gasteiger partial charge in [0, 0.05) is 32.7 Å². The minimum absolute atomic E-state index is 0.263. The Morgan fingerprint density at radius 2 is 1.92 bits per heavy atom. The highest BCUT2D eigenvalue weighted by Gasteiger charge is 2.19. The molecule has 0 bridgehead atoms. The summed E-state index contributed by atoms with van der Waals surface area (Å²) < 4.78 is 23.7. The first-order chi connectivity index (χ1) is 11.7. The normalized spacial score (nSPS) is 16.5. The van der Waals surface area contributed by atoms with Gasteiger partial charge in [-0.25, -0.2) is 4.39 Å². The van der Waals surface area contributed by atoms with Gasteiger partial charge < -0.3 is 15.0 Å². The van der Waals surface area contributed by atoms with E-state index in [0.717, 1.165) is 38.3 Å². The predicted octanol–water partition coefficient (Wildman–Crippen LogP) is 0.994. The summed E-state index contributed by atoms with van der Waals surface area (Å²) in [6, 6.07) is 5.12. The molecule has 1 aromatic heterocycles. The fourth-order valence-corrected chi connectivity index (χ4v) is 2.81. The predicted molar refractivity (Wildman–Crippen MR) is 85.7 cm³/mol. The number of nitrogens with two attached hydrogens (primary N) is 1. The molecule has 0 atom stereocenters. The van der Waals surface area contributed by atoms with Gasteiger partial charge in [0.15, 0.2) is 17.4 Å². The molecule has 1 saturated heterocycles. The fraction of sp³-hybridized carbons (Fsp3) is 0.500. The molecule has 0 radical (unpaired) electrons. The van der Waals surface area contributed by atoms with E-state index in [2.05, 4.69) is 19.9 Å². The number of methoxy groups -OCH3 is 1. The number of aromatic nitrogens is 2. The van der Waals surface area contributed by atoms with Crippen molar-refractivity contribution in [2.45, 2.75) is 19.6 Å². The summed E-state index contributed by atoms with van der Waals surface area (Å²) in [7, 11) is 1.47. The molecule has 0 spiro atoms. The van der Waals surface area contributed by atoms with Crippen LogP contribution in [0.25, 0.3) is 0 Å². The van der Waals surface area contributed by atoms with Crippen LogP contribution in [0.15, 0.2) is 22.7 Å². The van der Waals surface area contributed by atoms with Crippen molar-refractivity contribution in [3.8, 4) is 5.75 Å². The monoisotopic (exact) mass is 335 g/mol. The van der Waals surface area contributed by atoms with Gasteiger partial charge in [0.1, 0.15) is 0 Å². The smallest absolute Gasteiger partial charge is 0.240 e. The first-order valence-corrected chi connectivity index (χ1v) is 7.96. The molecule has 7 nitrogen and oxygen atoms in total. The van der Waals surface area contributed by atoms with Crippen molar-refractivity contribution < 1.29 is 13.7 Å². The van der Waals surface area contributed by atoms with Crippen LogP contribution in [0, 0.1) is 5.82 Å². The van der Waals surface area contributed by atoms with E-state index in [-0.39, 0.29) is 18.1 Å². The molecule has 1 aliphatic heterocycles. The number of ether oxygens (including phenoxy) is 1. The Bertz CT molecular complexity index is 670. The molecule has 1 aliphatic rings. The van der Waals surface area contributed by atoms with Crippen molar-refractivity contribution >= 4 is 0 Å². The van der Waals surface area contributed by atoms with Gasteiger partial charge in [-0.05, 0) is 17.7 Å². The minimum atomic E-state index is -0.318. The van der Waals surface area contributed by atoms with E-state index in [4.69, 9.17) is 15.0 Å². The maximum Gasteiger partial charge on any atom is 0.240 e. The van der Waals surface area contributed by atoms with Crippen molar-refractivity contribution in [2.75, 3.05) is 33.3 Å². The Balaban J connectivity index is 1.49. The molecule has 3 rings (SSSR count). The molecule has 130 valence electrons. The number of piperazine rings is 1. The molecule has 2 N–H and O–H groups in total. The number of nitrogens with zero attached hydrogens (tertiary/aromatic N) is 4. The molecular formula is C16H22FN5O2.